The van der Waals surface area contributed by atoms with Crippen molar-refractivity contribution in [1.29, 1.82) is 0 Å². The number of rotatable bonds is 0. The minimum absolute atomic E-state index is 0.167. The Kier molecular flexibility index (Phi) is 1.25. The standard InChI is InChI=1S/C9H7F2/c10-9(11)6-5-7-3-1-2-4-8(7)9/h1-4,6H,5H2. The summed E-state index contributed by atoms with van der Waals surface area (Å²) in [5, 5.41) is 0. The summed E-state index contributed by atoms with van der Waals surface area (Å²) in [4.78, 5) is 0. The van der Waals surface area contributed by atoms with Gasteiger partial charge in [-0.2, -0.15) is 0 Å². The van der Waals surface area contributed by atoms with E-state index in [1.54, 1.807) is 18.2 Å². The van der Waals surface area contributed by atoms with Crippen molar-refractivity contribution in [2.45, 2.75) is 12.3 Å². The smallest absolute Gasteiger partial charge is 0.201 e. The monoisotopic (exact) mass is 153 g/mol. The minimum atomic E-state index is -2.70. The van der Waals surface area contributed by atoms with Gasteiger partial charge in [0, 0.05) is 12.0 Å². The average molecular weight is 153 g/mol. The van der Waals surface area contributed by atoms with Crippen molar-refractivity contribution in [3.05, 3.63) is 41.8 Å². The molecule has 1 aromatic rings. The molecule has 0 amide bonds. The molecule has 1 radical (unpaired) electrons. The summed E-state index contributed by atoms with van der Waals surface area (Å²) in [5.74, 6) is -2.70. The van der Waals surface area contributed by atoms with Crippen LogP contribution in [0.4, 0.5) is 8.78 Å². The summed E-state index contributed by atoms with van der Waals surface area (Å²) in [7, 11) is 0. The molecule has 0 saturated heterocycles. The fourth-order valence-corrected chi connectivity index (χ4v) is 1.37. The molecular formula is C9H7F2. The van der Waals surface area contributed by atoms with E-state index in [4.69, 9.17) is 0 Å². The van der Waals surface area contributed by atoms with Crippen LogP contribution in [0.1, 0.15) is 11.1 Å². The van der Waals surface area contributed by atoms with E-state index in [2.05, 4.69) is 0 Å². The fraction of sp³-hybridized carbons (Fsp3) is 0.222. The molecular weight excluding hydrogens is 146 g/mol. The predicted molar refractivity (Wildman–Crippen MR) is 38.3 cm³/mol. The lowest BCUT2D eigenvalue weighted by atomic mass is 10.1. The molecule has 57 valence electrons. The summed E-state index contributed by atoms with van der Waals surface area (Å²) >= 11 is 0. The van der Waals surface area contributed by atoms with Crippen molar-refractivity contribution >= 4 is 0 Å². The summed E-state index contributed by atoms with van der Waals surface area (Å²) in [6.45, 7) is 0. The average Bonchev–Trinajstić information content (AvgIpc) is 2.29. The van der Waals surface area contributed by atoms with Crippen LogP contribution in [0.5, 0.6) is 0 Å². The van der Waals surface area contributed by atoms with Gasteiger partial charge >= 0.3 is 0 Å². The molecule has 0 fully saturated rings. The molecule has 0 bridgehead atoms. The second kappa shape index (κ2) is 2.03. The SMILES string of the molecule is FC1(F)[CH]Cc2ccccc21. The molecule has 0 unspecified atom stereocenters. The Labute approximate surface area is 63.9 Å². The molecule has 2 rings (SSSR count). The summed E-state index contributed by atoms with van der Waals surface area (Å²) in [6, 6.07) is 6.66. The Hall–Kier alpha value is -0.920. The van der Waals surface area contributed by atoms with E-state index < -0.39 is 5.92 Å². The lowest BCUT2D eigenvalue weighted by molar-refractivity contribution is 0.0393. The van der Waals surface area contributed by atoms with E-state index in [1.165, 1.54) is 6.07 Å². The lowest BCUT2D eigenvalue weighted by Gasteiger charge is -2.07. The molecule has 0 aromatic heterocycles. The van der Waals surface area contributed by atoms with Crippen molar-refractivity contribution in [3.63, 3.8) is 0 Å². The summed E-state index contributed by atoms with van der Waals surface area (Å²) in [6.07, 6.45) is 1.45. The summed E-state index contributed by atoms with van der Waals surface area (Å²) < 4.78 is 25.8. The molecule has 0 saturated carbocycles. The van der Waals surface area contributed by atoms with E-state index in [1.807, 2.05) is 0 Å². The molecule has 0 spiro atoms. The number of benzene rings is 1. The van der Waals surface area contributed by atoms with E-state index in [0.29, 0.717) is 6.42 Å². The highest BCUT2D eigenvalue weighted by atomic mass is 19.3. The largest absolute Gasteiger partial charge is 0.277 e. The van der Waals surface area contributed by atoms with Crippen molar-refractivity contribution in [2.75, 3.05) is 0 Å². The van der Waals surface area contributed by atoms with Gasteiger partial charge in [0.25, 0.3) is 5.92 Å². The Morgan fingerprint density at radius 3 is 2.64 bits per heavy atom. The van der Waals surface area contributed by atoms with Gasteiger partial charge in [0.15, 0.2) is 0 Å². The van der Waals surface area contributed by atoms with E-state index >= 15 is 0 Å². The first-order valence-electron chi connectivity index (χ1n) is 3.51. The number of hydrogen-bond acceptors (Lipinski definition) is 0. The van der Waals surface area contributed by atoms with Crippen molar-refractivity contribution in [3.8, 4) is 0 Å². The molecule has 0 aliphatic heterocycles. The van der Waals surface area contributed by atoms with Gasteiger partial charge in [-0.25, -0.2) is 8.78 Å². The van der Waals surface area contributed by atoms with Crippen LogP contribution in [0.15, 0.2) is 24.3 Å². The maximum absolute atomic E-state index is 12.9. The first kappa shape index (κ1) is 6.77. The highest BCUT2D eigenvalue weighted by molar-refractivity contribution is 5.39. The van der Waals surface area contributed by atoms with Gasteiger partial charge in [0.05, 0.1) is 0 Å². The molecule has 1 aliphatic carbocycles. The van der Waals surface area contributed by atoms with Crippen molar-refractivity contribution in [2.24, 2.45) is 0 Å². The third kappa shape index (κ3) is 0.934. The van der Waals surface area contributed by atoms with Crippen LogP contribution in [-0.4, -0.2) is 0 Å². The minimum Gasteiger partial charge on any atom is -0.201 e. The van der Waals surface area contributed by atoms with Gasteiger partial charge in [0.1, 0.15) is 0 Å². The third-order valence-corrected chi connectivity index (χ3v) is 1.95. The number of hydrogen-bond donors (Lipinski definition) is 0. The van der Waals surface area contributed by atoms with Crippen LogP contribution in [-0.2, 0) is 12.3 Å². The molecule has 1 aliphatic rings. The van der Waals surface area contributed by atoms with Crippen LogP contribution in [0, 0.1) is 6.42 Å². The Morgan fingerprint density at radius 2 is 1.91 bits per heavy atom. The molecule has 0 N–H and O–H groups in total. The normalized spacial score (nSPS) is 19.8. The quantitative estimate of drug-likeness (QED) is 0.537. The number of halogens is 2. The van der Waals surface area contributed by atoms with Gasteiger partial charge in [-0.3, -0.25) is 0 Å². The first-order chi connectivity index (χ1) is 5.20. The lowest BCUT2D eigenvalue weighted by Crippen LogP contribution is -2.07. The van der Waals surface area contributed by atoms with Crippen molar-refractivity contribution in [1.82, 2.24) is 0 Å². The third-order valence-electron chi connectivity index (χ3n) is 1.95. The second-order valence-electron chi connectivity index (χ2n) is 2.69. The Balaban J connectivity index is 2.56. The molecule has 0 nitrogen and oxygen atoms in total. The van der Waals surface area contributed by atoms with Gasteiger partial charge in [-0.1, -0.05) is 24.3 Å². The highest BCUT2D eigenvalue weighted by Gasteiger charge is 2.38. The van der Waals surface area contributed by atoms with Crippen LogP contribution in [0.25, 0.3) is 0 Å². The predicted octanol–water partition coefficient (Wildman–Crippen LogP) is 2.54. The summed E-state index contributed by atoms with van der Waals surface area (Å²) in [5.41, 5.74) is 0.914. The molecule has 2 heteroatoms. The highest BCUT2D eigenvalue weighted by Crippen LogP contribution is 2.40. The topological polar surface area (TPSA) is 0 Å². The zero-order valence-electron chi connectivity index (χ0n) is 5.85. The molecule has 0 heterocycles. The van der Waals surface area contributed by atoms with E-state index in [9.17, 15) is 8.78 Å². The van der Waals surface area contributed by atoms with Crippen LogP contribution in [0.3, 0.4) is 0 Å². The zero-order valence-corrected chi connectivity index (χ0v) is 5.85. The van der Waals surface area contributed by atoms with Gasteiger partial charge in [-0.05, 0) is 12.0 Å². The number of fused-ring (bicyclic) bond motifs is 1. The van der Waals surface area contributed by atoms with Gasteiger partial charge in [-0.15, -0.1) is 0 Å². The molecule has 1 aromatic carbocycles. The van der Waals surface area contributed by atoms with Crippen LogP contribution in [0.2, 0.25) is 0 Å². The molecule has 11 heavy (non-hydrogen) atoms. The van der Waals surface area contributed by atoms with Crippen LogP contribution < -0.4 is 0 Å². The maximum Gasteiger partial charge on any atom is 0.277 e. The number of alkyl halides is 2. The fourth-order valence-electron chi connectivity index (χ4n) is 1.37. The zero-order chi connectivity index (χ0) is 7.90. The van der Waals surface area contributed by atoms with E-state index in [0.717, 1.165) is 12.0 Å². The van der Waals surface area contributed by atoms with Gasteiger partial charge in [0.2, 0.25) is 0 Å². The van der Waals surface area contributed by atoms with Crippen LogP contribution >= 0.6 is 0 Å². The van der Waals surface area contributed by atoms with Crippen molar-refractivity contribution < 1.29 is 8.78 Å². The van der Waals surface area contributed by atoms with E-state index in [-0.39, 0.29) is 5.56 Å². The molecule has 0 atom stereocenters. The Bertz CT molecular complexity index is 279. The Morgan fingerprint density at radius 1 is 1.18 bits per heavy atom. The van der Waals surface area contributed by atoms with Gasteiger partial charge < -0.3 is 0 Å². The second-order valence-corrected chi connectivity index (χ2v) is 2.69. The maximum atomic E-state index is 12.9. The first-order valence-corrected chi connectivity index (χ1v) is 3.51.